The fourth-order valence-electron chi connectivity index (χ4n) is 8.33. The average molecular weight is 859 g/mol. The number of ether oxygens (including phenoxy) is 5. The lowest BCUT2D eigenvalue weighted by atomic mass is 10.0. The molecule has 2 saturated heterocycles. The van der Waals surface area contributed by atoms with Crippen molar-refractivity contribution in [2.75, 3.05) is 55.7 Å². The summed E-state index contributed by atoms with van der Waals surface area (Å²) in [7, 11) is 8.72. The van der Waals surface area contributed by atoms with Gasteiger partial charge in [0.25, 0.3) is 0 Å². The van der Waals surface area contributed by atoms with Crippen LogP contribution in [-0.4, -0.2) is 150 Å². The predicted molar refractivity (Wildman–Crippen MR) is 228 cm³/mol. The second kappa shape index (κ2) is 20.4. The number of nitrogens with zero attached hydrogens (tertiary/aromatic N) is 5. The zero-order chi connectivity index (χ0) is 44.7. The molecule has 334 valence electrons. The molecule has 4 heterocycles. The van der Waals surface area contributed by atoms with Crippen molar-refractivity contribution in [2.24, 2.45) is 0 Å². The van der Waals surface area contributed by atoms with Crippen molar-refractivity contribution < 1.29 is 48.0 Å². The normalized spacial score (nSPS) is 18.4. The van der Waals surface area contributed by atoms with Crippen molar-refractivity contribution in [1.29, 1.82) is 0 Å². The monoisotopic (exact) mass is 858 g/mol. The van der Waals surface area contributed by atoms with E-state index in [0.29, 0.717) is 43.3 Å². The molecule has 18 nitrogen and oxygen atoms in total. The minimum Gasteiger partial charge on any atom is -0.465 e. The minimum absolute atomic E-state index is 0.264. The van der Waals surface area contributed by atoms with Gasteiger partial charge in [-0.3, -0.25) is 14.5 Å². The number of amides is 4. The third-order valence-corrected chi connectivity index (χ3v) is 12.0. The zero-order valence-corrected chi connectivity index (χ0v) is 36.5. The fraction of sp³-hybridized carbons (Fsp3) is 0.500. The predicted octanol–water partition coefficient (Wildman–Crippen LogP) is 5.40. The van der Waals surface area contributed by atoms with Crippen LogP contribution in [0.5, 0.6) is 0 Å². The summed E-state index contributed by atoms with van der Waals surface area (Å²) >= 11 is 0. The second-order valence-corrected chi connectivity index (χ2v) is 15.6. The van der Waals surface area contributed by atoms with Gasteiger partial charge in [0.1, 0.15) is 23.7 Å². The van der Waals surface area contributed by atoms with Crippen LogP contribution in [0.25, 0.3) is 33.6 Å². The van der Waals surface area contributed by atoms with Crippen molar-refractivity contribution in [3.8, 4) is 33.6 Å². The Morgan fingerprint density at radius 1 is 0.774 bits per heavy atom. The summed E-state index contributed by atoms with van der Waals surface area (Å²) in [5.74, 6) is 0.660. The number of carbonyl (C=O) groups excluding carboxylic acids is 3. The quantitative estimate of drug-likeness (QED) is 0.0984. The molecule has 0 spiro atoms. The first-order chi connectivity index (χ1) is 29.8. The van der Waals surface area contributed by atoms with E-state index in [1.807, 2.05) is 48.5 Å². The second-order valence-electron chi connectivity index (χ2n) is 15.6. The number of carboxylic acid groups (broad SMARTS) is 1. The number of nitrogens with one attached hydrogen (secondary N) is 3. The Morgan fingerprint density at radius 2 is 1.32 bits per heavy atom. The number of aromatic amines is 2. The summed E-state index contributed by atoms with van der Waals surface area (Å²) in [6.45, 7) is 4.39. The topological polar surface area (TPSA) is 214 Å². The SMILES string of the molecule is COC(=O)N[C@H](C(=O)N1CCC[C@H]1c1ncc(-c2ccc(-c3ccc(-c4nc([C@@H]5CCCN5C(=O)[C@H]([C@@H](C)OC)N(C)C(=O)O)[nH]c4CC(OC)OC)cc3)cc2)[nH]1)[C@@H](C)OC. The molecule has 2 aliphatic heterocycles. The maximum absolute atomic E-state index is 14.0. The van der Waals surface area contributed by atoms with Crippen LogP contribution in [0.1, 0.15) is 69.0 Å². The number of likely N-dealkylation sites (tertiary alicyclic amines) is 2. The molecule has 0 aliphatic carbocycles. The average Bonchev–Trinajstić information content (AvgIpc) is 4.14. The number of carbonyl (C=O) groups is 4. The summed E-state index contributed by atoms with van der Waals surface area (Å²) in [6, 6.07) is 13.6. The van der Waals surface area contributed by atoms with E-state index in [1.54, 1.807) is 44.1 Å². The molecule has 2 aromatic carbocycles. The molecule has 6 rings (SSSR count). The molecule has 4 aromatic rings. The van der Waals surface area contributed by atoms with Gasteiger partial charge in [0, 0.05) is 66.3 Å². The maximum Gasteiger partial charge on any atom is 0.407 e. The molecule has 4 amide bonds. The molecule has 0 bridgehead atoms. The van der Waals surface area contributed by atoms with Crippen LogP contribution in [0.2, 0.25) is 0 Å². The molecule has 2 aliphatic rings. The number of alkyl carbamates (subject to hydrolysis) is 1. The largest absolute Gasteiger partial charge is 0.465 e. The highest BCUT2D eigenvalue weighted by atomic mass is 16.7. The number of hydrogen-bond donors (Lipinski definition) is 4. The van der Waals surface area contributed by atoms with E-state index in [2.05, 4.69) is 20.3 Å². The first-order valence-corrected chi connectivity index (χ1v) is 20.7. The molecule has 62 heavy (non-hydrogen) atoms. The van der Waals surface area contributed by atoms with Crippen LogP contribution in [0.3, 0.4) is 0 Å². The van der Waals surface area contributed by atoms with E-state index < -0.39 is 48.8 Å². The molecule has 4 N–H and O–H groups in total. The Kier molecular flexibility index (Phi) is 15.0. The first kappa shape index (κ1) is 45.7. The summed E-state index contributed by atoms with van der Waals surface area (Å²) in [5.41, 5.74) is 6.06. The Bertz CT molecular complexity index is 2150. The highest BCUT2D eigenvalue weighted by Gasteiger charge is 2.42. The van der Waals surface area contributed by atoms with E-state index in [4.69, 9.17) is 28.7 Å². The summed E-state index contributed by atoms with van der Waals surface area (Å²) in [5, 5.41) is 12.4. The van der Waals surface area contributed by atoms with Gasteiger partial charge in [-0.1, -0.05) is 48.5 Å². The highest BCUT2D eigenvalue weighted by molar-refractivity contribution is 5.87. The van der Waals surface area contributed by atoms with Crippen molar-refractivity contribution in [2.45, 2.75) is 88.6 Å². The van der Waals surface area contributed by atoms with Crippen LogP contribution in [-0.2, 0) is 39.7 Å². The van der Waals surface area contributed by atoms with Crippen molar-refractivity contribution >= 4 is 24.0 Å². The van der Waals surface area contributed by atoms with Gasteiger partial charge in [-0.15, -0.1) is 0 Å². The van der Waals surface area contributed by atoms with Gasteiger partial charge < -0.3 is 53.9 Å². The van der Waals surface area contributed by atoms with Gasteiger partial charge in [0.15, 0.2) is 6.29 Å². The number of aromatic nitrogens is 4. The van der Waals surface area contributed by atoms with E-state index in [1.165, 1.54) is 28.4 Å². The smallest absolute Gasteiger partial charge is 0.407 e. The highest BCUT2D eigenvalue weighted by Crippen LogP contribution is 2.36. The van der Waals surface area contributed by atoms with Gasteiger partial charge in [0.2, 0.25) is 11.8 Å². The number of likely N-dealkylation sites (N-methyl/N-ethyl adjacent to an activating group) is 1. The van der Waals surface area contributed by atoms with Crippen LogP contribution in [0.4, 0.5) is 9.59 Å². The van der Waals surface area contributed by atoms with Gasteiger partial charge in [-0.2, -0.15) is 0 Å². The van der Waals surface area contributed by atoms with Crippen molar-refractivity contribution in [1.82, 2.24) is 40.0 Å². The van der Waals surface area contributed by atoms with E-state index in [9.17, 15) is 24.3 Å². The van der Waals surface area contributed by atoms with Gasteiger partial charge >= 0.3 is 12.2 Å². The lowest BCUT2D eigenvalue weighted by Gasteiger charge is -2.34. The van der Waals surface area contributed by atoms with Crippen LogP contribution >= 0.6 is 0 Å². The van der Waals surface area contributed by atoms with Crippen LogP contribution in [0, 0.1) is 0 Å². The zero-order valence-electron chi connectivity index (χ0n) is 36.5. The molecule has 0 unspecified atom stereocenters. The van der Waals surface area contributed by atoms with Gasteiger partial charge in [-0.25, -0.2) is 19.6 Å². The summed E-state index contributed by atoms with van der Waals surface area (Å²) < 4.78 is 26.7. The van der Waals surface area contributed by atoms with Crippen LogP contribution < -0.4 is 5.32 Å². The van der Waals surface area contributed by atoms with Gasteiger partial charge in [-0.05, 0) is 56.2 Å². The summed E-state index contributed by atoms with van der Waals surface area (Å²) in [6.07, 6.45) is 1.32. The number of methoxy groups -OCH3 is 5. The number of benzene rings is 2. The molecular formula is C44H58N8O10. The number of hydrogen-bond acceptors (Lipinski definition) is 11. The maximum atomic E-state index is 14.0. The minimum atomic E-state index is -1.22. The number of H-pyrrole nitrogens is 2. The lowest BCUT2D eigenvalue weighted by molar-refractivity contribution is -0.141. The molecule has 0 radical (unpaired) electrons. The molecule has 18 heteroatoms. The lowest BCUT2D eigenvalue weighted by Crippen LogP contribution is -2.54. The molecular weight excluding hydrogens is 801 g/mol. The van der Waals surface area contributed by atoms with E-state index in [0.717, 1.165) is 57.8 Å². The van der Waals surface area contributed by atoms with Gasteiger partial charge in [0.05, 0.1) is 49.0 Å². The van der Waals surface area contributed by atoms with Crippen molar-refractivity contribution in [3.63, 3.8) is 0 Å². The number of rotatable bonds is 17. The van der Waals surface area contributed by atoms with E-state index in [-0.39, 0.29) is 17.9 Å². The molecule has 2 fully saturated rings. The third kappa shape index (κ3) is 9.78. The Labute approximate surface area is 361 Å². The molecule has 6 atom stereocenters. The molecule has 2 aromatic heterocycles. The van der Waals surface area contributed by atoms with Crippen LogP contribution in [0.15, 0.2) is 54.7 Å². The van der Waals surface area contributed by atoms with E-state index >= 15 is 0 Å². The third-order valence-electron chi connectivity index (χ3n) is 12.0. The first-order valence-electron chi connectivity index (χ1n) is 20.7. The Balaban J connectivity index is 1.20. The number of imidazole rings is 2. The fourth-order valence-corrected chi connectivity index (χ4v) is 8.33. The Hall–Kier alpha value is -5.82. The Morgan fingerprint density at radius 3 is 1.87 bits per heavy atom. The summed E-state index contributed by atoms with van der Waals surface area (Å²) in [4.78, 5) is 72.7. The molecule has 0 saturated carbocycles. The standard InChI is InChI=1S/C44H58N8O10/c1-25(58-4)36(49-43(55)62-8)41(53)51-21-9-11-33(51)39-45-24-32(47-39)29-17-13-27(14-18-29)28-15-19-30(20-16-28)37-31(23-35(60-6)61-7)46-40(48-37)34-12-10-22-52(34)42(54)38(26(2)59-5)50(3)44(56)57/h13-20,24-26,33-36,38H,9-12,21-23H2,1-8H3,(H,45,47)(H,46,48)(H,49,55)(H,56,57)/t25-,26-,33+,34+,36+,38+/m1/s1. The van der Waals surface area contributed by atoms with Crippen molar-refractivity contribution in [3.05, 3.63) is 72.1 Å².